The summed E-state index contributed by atoms with van der Waals surface area (Å²) in [6.45, 7) is 3.93. The molecular formula is C11H12BrFO. The molecule has 0 aliphatic heterocycles. The van der Waals surface area contributed by atoms with Crippen LogP contribution in [-0.4, -0.2) is 5.78 Å². The van der Waals surface area contributed by atoms with Crippen molar-refractivity contribution in [1.29, 1.82) is 0 Å². The number of Topliss-reactive ketones (excluding diaryl/α,β-unsaturated/α-hetero) is 1. The Hall–Kier alpha value is -0.700. The SMILES string of the molecule is CC(C)CC(=O)c1cccc(F)c1Br. The van der Waals surface area contributed by atoms with Gasteiger partial charge in [-0.2, -0.15) is 0 Å². The molecule has 0 unspecified atom stereocenters. The summed E-state index contributed by atoms with van der Waals surface area (Å²) in [5.41, 5.74) is 0.429. The van der Waals surface area contributed by atoms with E-state index in [0.29, 0.717) is 12.0 Å². The third kappa shape index (κ3) is 2.64. The first kappa shape index (κ1) is 11.4. The molecule has 0 radical (unpaired) electrons. The molecule has 1 aromatic carbocycles. The standard InChI is InChI=1S/C11H12BrFO/c1-7(2)6-10(14)8-4-3-5-9(13)11(8)12/h3-5,7H,6H2,1-2H3. The first-order chi connectivity index (χ1) is 6.52. The Morgan fingerprint density at radius 3 is 2.71 bits per heavy atom. The van der Waals surface area contributed by atoms with Gasteiger partial charge in [-0.1, -0.05) is 26.0 Å². The highest BCUT2D eigenvalue weighted by Crippen LogP contribution is 2.22. The third-order valence-electron chi connectivity index (χ3n) is 1.85. The molecule has 3 heteroatoms. The van der Waals surface area contributed by atoms with E-state index in [9.17, 15) is 9.18 Å². The Kier molecular flexibility index (Phi) is 3.81. The van der Waals surface area contributed by atoms with Gasteiger partial charge in [-0.3, -0.25) is 4.79 Å². The lowest BCUT2D eigenvalue weighted by atomic mass is 10.0. The van der Waals surface area contributed by atoms with Crippen molar-refractivity contribution in [3.8, 4) is 0 Å². The minimum absolute atomic E-state index is 0.0219. The van der Waals surface area contributed by atoms with E-state index in [1.54, 1.807) is 12.1 Å². The van der Waals surface area contributed by atoms with Gasteiger partial charge >= 0.3 is 0 Å². The lowest BCUT2D eigenvalue weighted by molar-refractivity contribution is 0.0966. The lowest BCUT2D eigenvalue weighted by Crippen LogP contribution is -2.05. The van der Waals surface area contributed by atoms with Crippen LogP contribution in [0.2, 0.25) is 0 Å². The van der Waals surface area contributed by atoms with Crippen LogP contribution in [0.1, 0.15) is 30.6 Å². The van der Waals surface area contributed by atoms with Gasteiger partial charge in [0, 0.05) is 12.0 Å². The van der Waals surface area contributed by atoms with E-state index in [1.165, 1.54) is 6.07 Å². The van der Waals surface area contributed by atoms with Crippen LogP contribution >= 0.6 is 15.9 Å². The first-order valence-corrected chi connectivity index (χ1v) is 5.29. The van der Waals surface area contributed by atoms with Crippen LogP contribution in [0.5, 0.6) is 0 Å². The number of hydrogen-bond acceptors (Lipinski definition) is 1. The van der Waals surface area contributed by atoms with Crippen LogP contribution in [0, 0.1) is 11.7 Å². The van der Waals surface area contributed by atoms with Gasteiger partial charge < -0.3 is 0 Å². The van der Waals surface area contributed by atoms with Gasteiger partial charge in [-0.05, 0) is 27.9 Å². The maximum Gasteiger partial charge on any atom is 0.164 e. The van der Waals surface area contributed by atoms with Crippen LogP contribution < -0.4 is 0 Å². The monoisotopic (exact) mass is 258 g/mol. The van der Waals surface area contributed by atoms with E-state index in [2.05, 4.69) is 15.9 Å². The second kappa shape index (κ2) is 4.69. The molecule has 0 atom stereocenters. The summed E-state index contributed by atoms with van der Waals surface area (Å²) < 4.78 is 13.3. The summed E-state index contributed by atoms with van der Waals surface area (Å²) in [4.78, 5) is 11.6. The molecule has 0 aromatic heterocycles. The average Bonchev–Trinajstić information content (AvgIpc) is 2.08. The number of rotatable bonds is 3. The highest BCUT2D eigenvalue weighted by atomic mass is 79.9. The maximum atomic E-state index is 13.1. The van der Waals surface area contributed by atoms with Crippen LogP contribution in [0.4, 0.5) is 4.39 Å². The molecule has 0 saturated heterocycles. The van der Waals surface area contributed by atoms with Crippen molar-refractivity contribution in [1.82, 2.24) is 0 Å². The van der Waals surface area contributed by atoms with Crippen molar-refractivity contribution < 1.29 is 9.18 Å². The van der Waals surface area contributed by atoms with Gasteiger partial charge in [0.05, 0.1) is 4.47 Å². The van der Waals surface area contributed by atoms with Gasteiger partial charge in [-0.15, -0.1) is 0 Å². The zero-order valence-electron chi connectivity index (χ0n) is 8.18. The molecule has 0 fully saturated rings. The third-order valence-corrected chi connectivity index (χ3v) is 2.65. The number of carbonyl (C=O) groups is 1. The number of benzene rings is 1. The fraction of sp³-hybridized carbons (Fsp3) is 0.364. The molecule has 0 saturated carbocycles. The largest absolute Gasteiger partial charge is 0.294 e. The van der Waals surface area contributed by atoms with Crippen LogP contribution in [0.3, 0.4) is 0 Å². The summed E-state index contributed by atoms with van der Waals surface area (Å²) in [6, 6.07) is 4.52. The van der Waals surface area contributed by atoms with E-state index >= 15 is 0 Å². The highest BCUT2D eigenvalue weighted by molar-refractivity contribution is 9.10. The molecule has 0 heterocycles. The Morgan fingerprint density at radius 1 is 1.50 bits per heavy atom. The van der Waals surface area contributed by atoms with Gasteiger partial charge in [0.2, 0.25) is 0 Å². The summed E-state index contributed by atoms with van der Waals surface area (Å²) in [6.07, 6.45) is 0.446. The maximum absolute atomic E-state index is 13.1. The predicted octanol–water partition coefficient (Wildman–Crippen LogP) is 3.82. The van der Waals surface area contributed by atoms with Crippen molar-refractivity contribution in [2.75, 3.05) is 0 Å². The van der Waals surface area contributed by atoms with Crippen molar-refractivity contribution in [2.24, 2.45) is 5.92 Å². The van der Waals surface area contributed by atoms with E-state index in [-0.39, 0.29) is 22.0 Å². The van der Waals surface area contributed by atoms with Crippen molar-refractivity contribution >= 4 is 21.7 Å². The molecular weight excluding hydrogens is 247 g/mol. The average molecular weight is 259 g/mol. The van der Waals surface area contributed by atoms with Crippen LogP contribution in [0.25, 0.3) is 0 Å². The Labute approximate surface area is 91.5 Å². The molecule has 14 heavy (non-hydrogen) atoms. The quantitative estimate of drug-likeness (QED) is 0.754. The second-order valence-corrected chi connectivity index (χ2v) is 4.42. The summed E-state index contributed by atoms with van der Waals surface area (Å²) >= 11 is 3.07. The molecule has 1 aromatic rings. The zero-order chi connectivity index (χ0) is 10.7. The van der Waals surface area contributed by atoms with Gasteiger partial charge in [-0.25, -0.2) is 4.39 Å². The Bertz CT molecular complexity index is 347. The fourth-order valence-electron chi connectivity index (χ4n) is 1.20. The van der Waals surface area contributed by atoms with Crippen molar-refractivity contribution in [2.45, 2.75) is 20.3 Å². The topological polar surface area (TPSA) is 17.1 Å². The van der Waals surface area contributed by atoms with Gasteiger partial charge in [0.1, 0.15) is 5.82 Å². The number of carbonyl (C=O) groups excluding carboxylic acids is 1. The van der Waals surface area contributed by atoms with Gasteiger partial charge in [0.25, 0.3) is 0 Å². The molecule has 0 aliphatic rings. The minimum Gasteiger partial charge on any atom is -0.294 e. The van der Waals surface area contributed by atoms with E-state index in [4.69, 9.17) is 0 Å². The number of hydrogen-bond donors (Lipinski definition) is 0. The second-order valence-electron chi connectivity index (χ2n) is 3.62. The van der Waals surface area contributed by atoms with Gasteiger partial charge in [0.15, 0.2) is 5.78 Å². The molecule has 0 N–H and O–H groups in total. The van der Waals surface area contributed by atoms with E-state index < -0.39 is 0 Å². The highest BCUT2D eigenvalue weighted by Gasteiger charge is 2.13. The van der Waals surface area contributed by atoms with Crippen LogP contribution in [-0.2, 0) is 0 Å². The Morgan fingerprint density at radius 2 is 2.14 bits per heavy atom. The summed E-state index contributed by atoms with van der Waals surface area (Å²) in [5, 5.41) is 0. The van der Waals surface area contributed by atoms with E-state index in [1.807, 2.05) is 13.8 Å². The number of halogens is 2. The summed E-state index contributed by atoms with van der Waals surface area (Å²) in [5.74, 6) is -0.122. The normalized spacial score (nSPS) is 10.6. The molecule has 1 rings (SSSR count). The molecule has 0 bridgehead atoms. The smallest absolute Gasteiger partial charge is 0.164 e. The van der Waals surface area contributed by atoms with Crippen LogP contribution in [0.15, 0.2) is 22.7 Å². The van der Waals surface area contributed by atoms with Crippen molar-refractivity contribution in [3.63, 3.8) is 0 Å². The summed E-state index contributed by atoms with van der Waals surface area (Å²) in [7, 11) is 0. The molecule has 0 aliphatic carbocycles. The van der Waals surface area contributed by atoms with Crippen molar-refractivity contribution in [3.05, 3.63) is 34.1 Å². The first-order valence-electron chi connectivity index (χ1n) is 4.49. The minimum atomic E-state index is -0.389. The molecule has 1 nitrogen and oxygen atoms in total. The van der Waals surface area contributed by atoms with E-state index in [0.717, 1.165) is 0 Å². The molecule has 0 amide bonds. The zero-order valence-corrected chi connectivity index (χ0v) is 9.77. The fourth-order valence-corrected chi connectivity index (χ4v) is 1.69. The Balaban J connectivity index is 2.96. The lowest BCUT2D eigenvalue weighted by Gasteiger charge is -2.06. The number of ketones is 1. The molecule has 76 valence electrons. The molecule has 0 spiro atoms. The predicted molar refractivity (Wildman–Crippen MR) is 57.9 cm³/mol.